The smallest absolute Gasteiger partial charge is 0.253 e. The Morgan fingerprint density at radius 2 is 1.96 bits per heavy atom. The van der Waals surface area contributed by atoms with Crippen LogP contribution in [-0.4, -0.2) is 45.0 Å². The largest absolute Gasteiger partial charge is 0.370 e. The molecule has 1 amide bonds. The van der Waals surface area contributed by atoms with E-state index in [0.717, 1.165) is 17.7 Å². The van der Waals surface area contributed by atoms with E-state index in [4.69, 9.17) is 4.74 Å². The maximum Gasteiger partial charge on any atom is 0.253 e. The van der Waals surface area contributed by atoms with Gasteiger partial charge in [-0.1, -0.05) is 35.5 Å². The molecule has 0 saturated carbocycles. The number of ether oxygens (including phenoxy) is 1. The molecule has 28 heavy (non-hydrogen) atoms. The van der Waals surface area contributed by atoms with Gasteiger partial charge in [0.2, 0.25) is 0 Å². The first-order valence-corrected chi connectivity index (χ1v) is 9.35. The molecular formula is C21H19FN4O2. The molecule has 1 fully saturated rings. The third-order valence-corrected chi connectivity index (χ3v) is 5.53. The standard InChI is InChI=1S/C21H19FN4O2/c22-18-4-2-1-3-17(18)14-5-7-15(8-6-14)21(27)25-10-9-20-19(12-25)26-16(13-28-20)11-23-24-26/h1-8,11,19-20H,9-10,12-13H2. The molecule has 6 nitrogen and oxygen atoms in total. The number of hydrogen-bond acceptors (Lipinski definition) is 4. The van der Waals surface area contributed by atoms with Gasteiger partial charge < -0.3 is 9.64 Å². The lowest BCUT2D eigenvalue weighted by molar-refractivity contribution is -0.0605. The Kier molecular flexibility index (Phi) is 4.16. The molecule has 2 aliphatic heterocycles. The monoisotopic (exact) mass is 378 g/mol. The van der Waals surface area contributed by atoms with Crippen molar-refractivity contribution in [3.8, 4) is 11.1 Å². The number of likely N-dealkylation sites (tertiary alicyclic amines) is 1. The van der Waals surface area contributed by atoms with Crippen molar-refractivity contribution in [1.82, 2.24) is 19.9 Å². The molecule has 2 aromatic carbocycles. The molecule has 2 atom stereocenters. The van der Waals surface area contributed by atoms with Crippen LogP contribution >= 0.6 is 0 Å². The fourth-order valence-electron chi connectivity index (χ4n) is 4.03. The van der Waals surface area contributed by atoms with E-state index in [2.05, 4.69) is 10.3 Å². The van der Waals surface area contributed by atoms with E-state index >= 15 is 0 Å². The second kappa shape index (κ2) is 6.83. The van der Waals surface area contributed by atoms with Crippen LogP contribution in [0.1, 0.15) is 28.5 Å². The van der Waals surface area contributed by atoms with Crippen LogP contribution in [-0.2, 0) is 11.3 Å². The summed E-state index contributed by atoms with van der Waals surface area (Å²) in [5.41, 5.74) is 2.81. The number of aromatic nitrogens is 3. The van der Waals surface area contributed by atoms with Crippen LogP contribution in [0.3, 0.4) is 0 Å². The van der Waals surface area contributed by atoms with Crippen LogP contribution in [0.15, 0.2) is 54.7 Å². The van der Waals surface area contributed by atoms with Crippen LogP contribution in [0.4, 0.5) is 4.39 Å². The van der Waals surface area contributed by atoms with E-state index in [-0.39, 0.29) is 23.9 Å². The number of nitrogens with zero attached hydrogens (tertiary/aromatic N) is 4. The zero-order valence-electron chi connectivity index (χ0n) is 15.2. The number of fused-ring (bicyclic) bond motifs is 3. The molecule has 2 unspecified atom stereocenters. The first-order chi connectivity index (χ1) is 13.7. The third kappa shape index (κ3) is 2.88. The lowest BCUT2D eigenvalue weighted by atomic mass is 9.99. The minimum atomic E-state index is -0.274. The highest BCUT2D eigenvalue weighted by Crippen LogP contribution is 2.31. The Hall–Kier alpha value is -3.06. The third-order valence-electron chi connectivity index (χ3n) is 5.53. The SMILES string of the molecule is O=C(c1ccc(-c2ccccc2F)cc1)N1CCC2OCc3cnnn3C2C1. The summed E-state index contributed by atoms with van der Waals surface area (Å²) < 4.78 is 21.8. The second-order valence-corrected chi connectivity index (χ2v) is 7.18. The molecule has 2 aliphatic rings. The predicted octanol–water partition coefficient (Wildman–Crippen LogP) is 3.07. The molecule has 1 saturated heterocycles. The lowest BCUT2D eigenvalue weighted by Crippen LogP contribution is -2.49. The van der Waals surface area contributed by atoms with E-state index in [1.54, 1.807) is 48.7 Å². The van der Waals surface area contributed by atoms with Crippen LogP contribution in [0.2, 0.25) is 0 Å². The summed E-state index contributed by atoms with van der Waals surface area (Å²) in [6, 6.07) is 13.7. The molecule has 0 aliphatic carbocycles. The van der Waals surface area contributed by atoms with Gasteiger partial charge in [0, 0.05) is 24.2 Å². The first-order valence-electron chi connectivity index (χ1n) is 9.35. The summed E-state index contributed by atoms with van der Waals surface area (Å²) in [6.07, 6.45) is 2.53. The number of hydrogen-bond donors (Lipinski definition) is 0. The summed E-state index contributed by atoms with van der Waals surface area (Å²) in [6.45, 7) is 1.69. The highest BCUT2D eigenvalue weighted by molar-refractivity contribution is 5.94. The van der Waals surface area contributed by atoms with Crippen molar-refractivity contribution >= 4 is 5.91 Å². The van der Waals surface area contributed by atoms with Crippen molar-refractivity contribution in [3.05, 3.63) is 71.8 Å². The van der Waals surface area contributed by atoms with Crippen LogP contribution in [0, 0.1) is 5.82 Å². The van der Waals surface area contributed by atoms with Gasteiger partial charge in [0.1, 0.15) is 5.82 Å². The normalized spacial score (nSPS) is 21.1. The Morgan fingerprint density at radius 1 is 1.14 bits per heavy atom. The molecule has 1 aromatic heterocycles. The van der Waals surface area contributed by atoms with Gasteiger partial charge in [-0.05, 0) is 30.2 Å². The molecular weight excluding hydrogens is 359 g/mol. The number of piperidine rings is 1. The Morgan fingerprint density at radius 3 is 2.79 bits per heavy atom. The molecule has 0 spiro atoms. The van der Waals surface area contributed by atoms with Crippen molar-refractivity contribution in [2.24, 2.45) is 0 Å². The molecule has 7 heteroatoms. The number of carbonyl (C=O) groups is 1. The van der Waals surface area contributed by atoms with E-state index in [9.17, 15) is 9.18 Å². The summed E-state index contributed by atoms with van der Waals surface area (Å²) >= 11 is 0. The number of benzene rings is 2. The van der Waals surface area contributed by atoms with Gasteiger partial charge in [-0.15, -0.1) is 5.10 Å². The Bertz CT molecular complexity index is 1020. The highest BCUT2D eigenvalue weighted by Gasteiger charge is 2.38. The molecule has 0 radical (unpaired) electrons. The van der Waals surface area contributed by atoms with E-state index in [1.165, 1.54) is 6.07 Å². The van der Waals surface area contributed by atoms with Crippen LogP contribution < -0.4 is 0 Å². The summed E-state index contributed by atoms with van der Waals surface area (Å²) in [7, 11) is 0. The van der Waals surface area contributed by atoms with Gasteiger partial charge in [0.15, 0.2) is 0 Å². The van der Waals surface area contributed by atoms with E-state index < -0.39 is 0 Å². The van der Waals surface area contributed by atoms with Crippen molar-refractivity contribution in [2.45, 2.75) is 25.2 Å². The Balaban J connectivity index is 1.35. The van der Waals surface area contributed by atoms with E-state index in [1.807, 2.05) is 9.58 Å². The molecule has 3 aromatic rings. The van der Waals surface area contributed by atoms with Gasteiger partial charge in [-0.25, -0.2) is 9.07 Å². The predicted molar refractivity (Wildman–Crippen MR) is 100.0 cm³/mol. The topological polar surface area (TPSA) is 60.3 Å². The summed E-state index contributed by atoms with van der Waals surface area (Å²) in [5.74, 6) is -0.310. The molecule has 5 rings (SSSR count). The maximum absolute atomic E-state index is 14.0. The summed E-state index contributed by atoms with van der Waals surface area (Å²) in [4.78, 5) is 14.8. The molecule has 3 heterocycles. The van der Waals surface area contributed by atoms with Gasteiger partial charge >= 0.3 is 0 Å². The van der Waals surface area contributed by atoms with Crippen LogP contribution in [0.5, 0.6) is 0 Å². The average Bonchev–Trinajstić information content (AvgIpc) is 3.23. The van der Waals surface area contributed by atoms with Crippen molar-refractivity contribution < 1.29 is 13.9 Å². The Labute approximate surface area is 161 Å². The van der Waals surface area contributed by atoms with Gasteiger partial charge in [-0.2, -0.15) is 0 Å². The van der Waals surface area contributed by atoms with Crippen LogP contribution in [0.25, 0.3) is 11.1 Å². The average molecular weight is 378 g/mol. The van der Waals surface area contributed by atoms with Gasteiger partial charge in [0.25, 0.3) is 5.91 Å². The van der Waals surface area contributed by atoms with Crippen molar-refractivity contribution in [2.75, 3.05) is 13.1 Å². The minimum absolute atomic E-state index is 0.0124. The number of amides is 1. The highest BCUT2D eigenvalue weighted by atomic mass is 19.1. The minimum Gasteiger partial charge on any atom is -0.370 e. The fourth-order valence-corrected chi connectivity index (χ4v) is 4.03. The van der Waals surface area contributed by atoms with E-state index in [0.29, 0.717) is 30.8 Å². The van der Waals surface area contributed by atoms with Crippen molar-refractivity contribution in [1.29, 1.82) is 0 Å². The first kappa shape index (κ1) is 17.1. The zero-order valence-corrected chi connectivity index (χ0v) is 15.2. The molecule has 142 valence electrons. The number of rotatable bonds is 2. The second-order valence-electron chi connectivity index (χ2n) is 7.18. The number of halogens is 1. The van der Waals surface area contributed by atoms with Gasteiger partial charge in [-0.3, -0.25) is 4.79 Å². The number of carbonyl (C=O) groups excluding carboxylic acids is 1. The molecule has 0 N–H and O–H groups in total. The van der Waals surface area contributed by atoms with Crippen molar-refractivity contribution in [3.63, 3.8) is 0 Å². The maximum atomic E-state index is 14.0. The quantitative estimate of drug-likeness (QED) is 0.688. The molecule has 0 bridgehead atoms. The van der Waals surface area contributed by atoms with Gasteiger partial charge in [0.05, 0.1) is 30.6 Å². The zero-order chi connectivity index (χ0) is 19.1. The lowest BCUT2D eigenvalue weighted by Gasteiger charge is -2.41. The fraction of sp³-hybridized carbons (Fsp3) is 0.286. The summed E-state index contributed by atoms with van der Waals surface area (Å²) in [5, 5.41) is 8.14.